The number of esters is 1. The van der Waals surface area contributed by atoms with Gasteiger partial charge in [-0.3, -0.25) is 9.59 Å². The van der Waals surface area contributed by atoms with Crippen molar-refractivity contribution >= 4 is 18.0 Å². The van der Waals surface area contributed by atoms with Crippen LogP contribution in [0.4, 0.5) is 0 Å². The van der Waals surface area contributed by atoms with Crippen LogP contribution in [0.1, 0.15) is 93.9 Å². The highest BCUT2D eigenvalue weighted by atomic mass is 16.7. The van der Waals surface area contributed by atoms with E-state index in [1.807, 2.05) is 19.9 Å². The molecular weight excluding hydrogens is 851 g/mol. The molecule has 21 unspecified atom stereocenters. The fourth-order valence-electron chi connectivity index (χ4n) is 9.72. The van der Waals surface area contributed by atoms with Crippen molar-refractivity contribution in [1.82, 2.24) is 4.90 Å². The van der Waals surface area contributed by atoms with Crippen molar-refractivity contribution in [3.63, 3.8) is 0 Å². The highest BCUT2D eigenvalue weighted by Gasteiger charge is 2.52. The molecule has 4 rings (SSSR count). The molecule has 4 aliphatic rings. The van der Waals surface area contributed by atoms with Crippen molar-refractivity contribution in [1.29, 1.82) is 0 Å². The molecule has 5 N–H and O–H groups in total. The number of nitrogens with zero attached hydrogens (tertiary/aromatic N) is 1. The summed E-state index contributed by atoms with van der Waals surface area (Å²) in [5, 5.41) is 56.0. The number of aldehydes is 1. The Morgan fingerprint density at radius 1 is 0.862 bits per heavy atom. The second kappa shape index (κ2) is 24.8. The minimum Gasteiger partial charge on any atom is -0.462 e. The van der Waals surface area contributed by atoms with E-state index >= 15 is 0 Å². The number of carbonyl (C=O) groups is 3. The first-order chi connectivity index (χ1) is 30.6. The molecule has 21 atom stereocenters. The van der Waals surface area contributed by atoms with E-state index in [9.17, 15) is 39.9 Å². The molecule has 18 nitrogen and oxygen atoms in total. The monoisotopic (exact) mass is 930 g/mol. The van der Waals surface area contributed by atoms with Gasteiger partial charge in [-0.15, -0.1) is 0 Å². The third-order valence-electron chi connectivity index (χ3n) is 13.7. The summed E-state index contributed by atoms with van der Waals surface area (Å²) in [6.07, 6.45) is -7.61. The Labute approximate surface area is 384 Å². The van der Waals surface area contributed by atoms with E-state index < -0.39 is 140 Å². The Morgan fingerprint density at radius 2 is 1.52 bits per heavy atom. The standard InChI is InChI=1S/C47H79NO17/c1-13-34-31(23-59-46-43(58-12)42(57-11)38(53)27(5)61-46)19-24(2)16-17-32(50)25(3)20-30(15-14-18-49)40(26(4)33(51)21-35(52)63-34)65-45-39(54)37(48(9)10)41(28(6)62-45)64-36-22-47(8,56)44(55)29(7)60-36/h16-19,25-31,33-34,36-46,51,53-56H,13-15,20-23H2,1-12H3. The lowest BCUT2D eigenvalue weighted by atomic mass is 9.79. The van der Waals surface area contributed by atoms with Gasteiger partial charge < -0.3 is 77.9 Å². The maximum Gasteiger partial charge on any atom is 0.308 e. The predicted molar refractivity (Wildman–Crippen MR) is 235 cm³/mol. The molecule has 0 aliphatic carbocycles. The molecule has 4 aliphatic heterocycles. The number of hydrogen-bond acceptors (Lipinski definition) is 18. The maximum absolute atomic E-state index is 13.8. The number of aliphatic hydroxyl groups excluding tert-OH is 4. The smallest absolute Gasteiger partial charge is 0.308 e. The number of aliphatic hydroxyl groups is 5. The van der Waals surface area contributed by atoms with E-state index in [0.29, 0.717) is 12.0 Å². The van der Waals surface area contributed by atoms with Gasteiger partial charge in [-0.25, -0.2) is 0 Å². The first kappa shape index (κ1) is 55.3. The second-order valence-electron chi connectivity index (χ2n) is 19.1. The van der Waals surface area contributed by atoms with E-state index in [1.165, 1.54) is 27.2 Å². The second-order valence-corrected chi connectivity index (χ2v) is 19.1. The average molecular weight is 930 g/mol. The van der Waals surface area contributed by atoms with E-state index in [0.717, 1.165) is 6.29 Å². The molecule has 0 radical (unpaired) electrons. The fourth-order valence-corrected chi connectivity index (χ4v) is 9.72. The minimum absolute atomic E-state index is 0.00288. The van der Waals surface area contributed by atoms with Crippen LogP contribution in [0, 0.1) is 23.7 Å². The first-order valence-electron chi connectivity index (χ1n) is 23.2. The molecule has 18 heteroatoms. The van der Waals surface area contributed by atoms with Crippen LogP contribution >= 0.6 is 0 Å². The van der Waals surface area contributed by atoms with Crippen molar-refractivity contribution in [2.75, 3.05) is 34.9 Å². The first-order valence-corrected chi connectivity index (χ1v) is 23.2. The molecule has 3 fully saturated rings. The molecular formula is C47H79NO17. The summed E-state index contributed by atoms with van der Waals surface area (Å²) in [7, 11) is 6.46. The molecule has 374 valence electrons. The van der Waals surface area contributed by atoms with Crippen LogP contribution in [0.2, 0.25) is 0 Å². The fraction of sp³-hybridized carbons (Fsp3) is 0.851. The van der Waals surface area contributed by atoms with Crippen molar-refractivity contribution in [2.45, 2.75) is 198 Å². The summed E-state index contributed by atoms with van der Waals surface area (Å²) in [6, 6.07) is -0.736. The number of ketones is 1. The van der Waals surface area contributed by atoms with Gasteiger partial charge in [0.05, 0.1) is 55.2 Å². The van der Waals surface area contributed by atoms with Crippen LogP contribution < -0.4 is 0 Å². The number of hydrogen-bond donors (Lipinski definition) is 5. The quantitative estimate of drug-likeness (QED) is 0.124. The zero-order valence-corrected chi connectivity index (χ0v) is 40.4. The van der Waals surface area contributed by atoms with Gasteiger partial charge in [-0.05, 0) is 80.0 Å². The van der Waals surface area contributed by atoms with Crippen LogP contribution in [0.15, 0.2) is 23.8 Å². The normalized spacial score (nSPS) is 44.1. The lowest BCUT2D eigenvalue weighted by Crippen LogP contribution is -2.65. The minimum atomic E-state index is -1.49. The van der Waals surface area contributed by atoms with Crippen molar-refractivity contribution in [2.24, 2.45) is 23.7 Å². The molecule has 0 aromatic heterocycles. The summed E-state index contributed by atoms with van der Waals surface area (Å²) in [5.41, 5.74) is -0.791. The van der Waals surface area contributed by atoms with E-state index in [-0.39, 0.29) is 38.1 Å². The third kappa shape index (κ3) is 14.2. The molecule has 0 amide bonds. The Balaban J connectivity index is 1.63. The van der Waals surface area contributed by atoms with Gasteiger partial charge in [0.25, 0.3) is 0 Å². The van der Waals surface area contributed by atoms with E-state index in [4.69, 9.17) is 42.6 Å². The molecule has 4 heterocycles. The van der Waals surface area contributed by atoms with Gasteiger partial charge in [-0.1, -0.05) is 38.5 Å². The number of carbonyl (C=O) groups excluding carboxylic acids is 3. The number of rotatable bonds is 14. The summed E-state index contributed by atoms with van der Waals surface area (Å²) < 4.78 is 54.9. The molecule has 0 spiro atoms. The largest absolute Gasteiger partial charge is 0.462 e. The lowest BCUT2D eigenvalue weighted by molar-refractivity contribution is -0.342. The average Bonchev–Trinajstić information content (AvgIpc) is 3.24. The van der Waals surface area contributed by atoms with Gasteiger partial charge in [-0.2, -0.15) is 0 Å². The molecule has 0 aromatic rings. The Kier molecular flexibility index (Phi) is 21.1. The molecule has 3 saturated heterocycles. The van der Waals surface area contributed by atoms with E-state index in [2.05, 4.69) is 0 Å². The summed E-state index contributed by atoms with van der Waals surface area (Å²) in [4.78, 5) is 41.3. The van der Waals surface area contributed by atoms with Gasteiger partial charge in [0.2, 0.25) is 0 Å². The molecule has 0 saturated carbocycles. The van der Waals surface area contributed by atoms with Gasteiger partial charge >= 0.3 is 5.97 Å². The number of allylic oxidation sites excluding steroid dienone is 3. The van der Waals surface area contributed by atoms with Crippen molar-refractivity contribution in [3.8, 4) is 0 Å². The zero-order chi connectivity index (χ0) is 48.5. The number of ether oxygens (including phenoxy) is 9. The Morgan fingerprint density at radius 3 is 2.12 bits per heavy atom. The highest BCUT2D eigenvalue weighted by Crippen LogP contribution is 2.38. The van der Waals surface area contributed by atoms with Crippen LogP contribution in [0.25, 0.3) is 0 Å². The summed E-state index contributed by atoms with van der Waals surface area (Å²) in [5.74, 6) is -3.31. The summed E-state index contributed by atoms with van der Waals surface area (Å²) in [6.45, 7) is 13.8. The molecule has 65 heavy (non-hydrogen) atoms. The van der Waals surface area contributed by atoms with Crippen LogP contribution in [-0.4, -0.2) is 187 Å². The van der Waals surface area contributed by atoms with Crippen LogP contribution in [0.5, 0.6) is 0 Å². The number of cyclic esters (lactones) is 1. The lowest BCUT2D eigenvalue weighted by Gasteiger charge is -2.50. The number of likely N-dealkylation sites (N-methyl/N-ethyl adjacent to an activating group) is 1. The SMILES string of the molecule is CCC1OC(=O)CC(O)C(C)C(OC2OC(C)C(OC3CC(C)(O)C(O)C(C)O3)C(N(C)C)C2O)C(CCC=O)CC(C)C(=O)C=CC(C)=CC1COC1OC(C)C(O)C(OC)C1OC. The molecule has 0 bridgehead atoms. The van der Waals surface area contributed by atoms with Crippen molar-refractivity contribution in [3.05, 3.63) is 23.8 Å². The predicted octanol–water partition coefficient (Wildman–Crippen LogP) is 2.22. The Hall–Kier alpha value is -2.27. The molecule has 0 aromatic carbocycles. The van der Waals surface area contributed by atoms with E-state index in [1.54, 1.807) is 59.7 Å². The number of methoxy groups -OCH3 is 2. The maximum atomic E-state index is 13.8. The van der Waals surface area contributed by atoms with Crippen LogP contribution in [0.3, 0.4) is 0 Å². The topological polar surface area (TPSA) is 239 Å². The van der Waals surface area contributed by atoms with Gasteiger partial charge in [0.15, 0.2) is 24.7 Å². The highest BCUT2D eigenvalue weighted by molar-refractivity contribution is 5.91. The zero-order valence-electron chi connectivity index (χ0n) is 40.4. The van der Waals surface area contributed by atoms with Crippen molar-refractivity contribution < 1.29 is 82.5 Å². The van der Waals surface area contributed by atoms with Crippen LogP contribution in [-0.2, 0) is 57.0 Å². The summed E-state index contributed by atoms with van der Waals surface area (Å²) >= 11 is 0. The Bertz CT molecular complexity index is 1580. The third-order valence-corrected chi connectivity index (χ3v) is 13.7. The van der Waals surface area contributed by atoms with Gasteiger partial charge in [0, 0.05) is 44.8 Å². The van der Waals surface area contributed by atoms with Gasteiger partial charge in [0.1, 0.15) is 49.0 Å².